The summed E-state index contributed by atoms with van der Waals surface area (Å²) in [7, 11) is -3.79. The van der Waals surface area contributed by atoms with Crippen molar-refractivity contribution >= 4 is 21.6 Å². The molecule has 2 rings (SSSR count). The van der Waals surface area contributed by atoms with Gasteiger partial charge in [0.1, 0.15) is 0 Å². The van der Waals surface area contributed by atoms with Gasteiger partial charge in [0.15, 0.2) is 0 Å². The SMILES string of the molecule is NC(=O)C1CCN(S(=O)(=O)c2cccc([N+](=O)[O-])c2)CC1. The van der Waals surface area contributed by atoms with Crippen molar-refractivity contribution in [2.75, 3.05) is 13.1 Å². The molecule has 0 unspecified atom stereocenters. The van der Waals surface area contributed by atoms with Gasteiger partial charge in [-0.3, -0.25) is 14.9 Å². The summed E-state index contributed by atoms with van der Waals surface area (Å²) in [6.45, 7) is 0.358. The predicted octanol–water partition coefficient (Wildman–Crippen LogP) is 0.481. The molecule has 114 valence electrons. The number of carbonyl (C=O) groups is 1. The fourth-order valence-corrected chi connectivity index (χ4v) is 3.80. The summed E-state index contributed by atoms with van der Waals surface area (Å²) in [6, 6.07) is 4.93. The van der Waals surface area contributed by atoms with Crippen LogP contribution in [0, 0.1) is 16.0 Å². The van der Waals surface area contributed by atoms with Crippen molar-refractivity contribution < 1.29 is 18.1 Å². The third kappa shape index (κ3) is 3.19. The number of nitrogens with two attached hydrogens (primary N) is 1. The van der Waals surface area contributed by atoms with E-state index in [1.807, 2.05) is 0 Å². The third-order valence-electron chi connectivity index (χ3n) is 3.52. The molecule has 1 fully saturated rings. The second-order valence-corrected chi connectivity index (χ2v) is 6.77. The van der Waals surface area contributed by atoms with Crippen LogP contribution in [0.4, 0.5) is 5.69 Å². The summed E-state index contributed by atoms with van der Waals surface area (Å²) in [5.74, 6) is -0.746. The van der Waals surface area contributed by atoms with Crippen molar-refractivity contribution in [1.82, 2.24) is 4.31 Å². The lowest BCUT2D eigenvalue weighted by molar-refractivity contribution is -0.385. The second kappa shape index (κ2) is 5.78. The normalized spacial score (nSPS) is 17.5. The Kier molecular flexibility index (Phi) is 4.24. The maximum Gasteiger partial charge on any atom is 0.270 e. The van der Waals surface area contributed by atoms with Crippen LogP contribution in [0.3, 0.4) is 0 Å². The number of benzene rings is 1. The van der Waals surface area contributed by atoms with Gasteiger partial charge in [-0.1, -0.05) is 6.07 Å². The highest BCUT2D eigenvalue weighted by Gasteiger charge is 2.31. The lowest BCUT2D eigenvalue weighted by Gasteiger charge is -2.29. The number of nitrogens with zero attached hydrogens (tertiary/aromatic N) is 2. The molecule has 0 saturated carbocycles. The Balaban J connectivity index is 2.21. The molecule has 0 bridgehead atoms. The average molecular weight is 313 g/mol. The van der Waals surface area contributed by atoms with Gasteiger partial charge >= 0.3 is 0 Å². The summed E-state index contributed by atoms with van der Waals surface area (Å²) in [6.07, 6.45) is 0.729. The molecule has 21 heavy (non-hydrogen) atoms. The highest BCUT2D eigenvalue weighted by Crippen LogP contribution is 2.25. The Morgan fingerprint density at radius 2 is 1.95 bits per heavy atom. The number of hydrogen-bond donors (Lipinski definition) is 1. The number of nitro benzene ring substituents is 1. The molecule has 8 nitrogen and oxygen atoms in total. The zero-order valence-electron chi connectivity index (χ0n) is 11.1. The van der Waals surface area contributed by atoms with Crippen LogP contribution in [0.25, 0.3) is 0 Å². The molecule has 0 aromatic heterocycles. The Labute approximate surface area is 121 Å². The van der Waals surface area contributed by atoms with Gasteiger partial charge < -0.3 is 5.73 Å². The zero-order valence-corrected chi connectivity index (χ0v) is 12.0. The fourth-order valence-electron chi connectivity index (χ4n) is 2.29. The smallest absolute Gasteiger partial charge is 0.270 e. The Bertz CT molecular complexity index is 665. The van der Waals surface area contributed by atoms with Gasteiger partial charge in [-0.15, -0.1) is 0 Å². The van der Waals surface area contributed by atoms with Crippen molar-refractivity contribution in [1.29, 1.82) is 0 Å². The number of piperidine rings is 1. The summed E-state index contributed by atoms with van der Waals surface area (Å²) in [5.41, 5.74) is 4.93. The summed E-state index contributed by atoms with van der Waals surface area (Å²) < 4.78 is 26.1. The van der Waals surface area contributed by atoms with Gasteiger partial charge in [-0.25, -0.2) is 8.42 Å². The Morgan fingerprint density at radius 3 is 2.48 bits per heavy atom. The molecule has 1 aliphatic rings. The minimum atomic E-state index is -3.79. The zero-order chi connectivity index (χ0) is 15.6. The van der Waals surface area contributed by atoms with E-state index in [-0.39, 0.29) is 29.6 Å². The largest absolute Gasteiger partial charge is 0.369 e. The van der Waals surface area contributed by atoms with E-state index in [1.54, 1.807) is 0 Å². The van der Waals surface area contributed by atoms with Gasteiger partial charge in [0, 0.05) is 31.1 Å². The lowest BCUT2D eigenvalue weighted by atomic mass is 9.98. The van der Waals surface area contributed by atoms with E-state index in [0.29, 0.717) is 12.8 Å². The number of rotatable bonds is 4. The van der Waals surface area contributed by atoms with E-state index in [1.165, 1.54) is 22.5 Å². The number of primary amides is 1. The Morgan fingerprint density at radius 1 is 1.33 bits per heavy atom. The number of amides is 1. The van der Waals surface area contributed by atoms with E-state index in [9.17, 15) is 23.3 Å². The molecule has 1 heterocycles. The van der Waals surface area contributed by atoms with Crippen molar-refractivity contribution in [3.63, 3.8) is 0 Å². The molecule has 1 amide bonds. The quantitative estimate of drug-likeness (QED) is 0.639. The van der Waals surface area contributed by atoms with E-state index in [2.05, 4.69) is 0 Å². The first-order valence-corrected chi connectivity index (χ1v) is 7.80. The van der Waals surface area contributed by atoms with Crippen LogP contribution >= 0.6 is 0 Å². The van der Waals surface area contributed by atoms with Crippen LogP contribution in [0.2, 0.25) is 0 Å². The average Bonchev–Trinajstić information content (AvgIpc) is 2.47. The molecule has 1 aliphatic heterocycles. The van der Waals surface area contributed by atoms with Gasteiger partial charge in [0.25, 0.3) is 5.69 Å². The third-order valence-corrected chi connectivity index (χ3v) is 5.42. The van der Waals surface area contributed by atoms with Crippen LogP contribution in [-0.2, 0) is 14.8 Å². The highest BCUT2D eigenvalue weighted by molar-refractivity contribution is 7.89. The van der Waals surface area contributed by atoms with Crippen molar-refractivity contribution in [2.24, 2.45) is 11.7 Å². The Hall–Kier alpha value is -2.00. The molecule has 2 N–H and O–H groups in total. The number of non-ortho nitro benzene ring substituents is 1. The van der Waals surface area contributed by atoms with Crippen molar-refractivity contribution in [2.45, 2.75) is 17.7 Å². The minimum Gasteiger partial charge on any atom is -0.369 e. The molecule has 1 aromatic carbocycles. The molecule has 0 radical (unpaired) electrons. The van der Waals surface area contributed by atoms with Crippen molar-refractivity contribution in [3.05, 3.63) is 34.4 Å². The van der Waals surface area contributed by atoms with E-state index < -0.39 is 20.9 Å². The fraction of sp³-hybridized carbons (Fsp3) is 0.417. The molecular weight excluding hydrogens is 298 g/mol. The number of nitro groups is 1. The molecule has 0 atom stereocenters. The molecule has 1 aromatic rings. The van der Waals surface area contributed by atoms with Crippen LogP contribution in [0.5, 0.6) is 0 Å². The maximum atomic E-state index is 12.4. The summed E-state index contributed by atoms with van der Waals surface area (Å²) >= 11 is 0. The molecule has 1 saturated heterocycles. The number of hydrogen-bond acceptors (Lipinski definition) is 5. The van der Waals surface area contributed by atoms with Gasteiger partial charge in [-0.2, -0.15) is 4.31 Å². The van der Waals surface area contributed by atoms with Crippen molar-refractivity contribution in [3.8, 4) is 0 Å². The standard InChI is InChI=1S/C12H15N3O5S/c13-12(16)9-4-6-14(7-5-9)21(19,20)11-3-1-2-10(8-11)15(17)18/h1-3,8-9H,4-7H2,(H2,13,16). The van der Waals surface area contributed by atoms with Gasteiger partial charge in [0.2, 0.25) is 15.9 Å². The lowest BCUT2D eigenvalue weighted by Crippen LogP contribution is -2.41. The second-order valence-electron chi connectivity index (χ2n) is 4.84. The minimum absolute atomic E-state index is 0.116. The maximum absolute atomic E-state index is 12.4. The van der Waals surface area contributed by atoms with Crippen LogP contribution in [0.1, 0.15) is 12.8 Å². The monoisotopic (exact) mass is 313 g/mol. The highest BCUT2D eigenvalue weighted by atomic mass is 32.2. The first kappa shape index (κ1) is 15.4. The van der Waals surface area contributed by atoms with Gasteiger partial charge in [-0.05, 0) is 18.9 Å². The predicted molar refractivity (Wildman–Crippen MR) is 73.8 cm³/mol. The van der Waals surface area contributed by atoms with Gasteiger partial charge in [0.05, 0.1) is 9.82 Å². The topological polar surface area (TPSA) is 124 Å². The van der Waals surface area contributed by atoms with Crippen LogP contribution in [0.15, 0.2) is 29.2 Å². The first-order chi connectivity index (χ1) is 9.82. The molecular formula is C12H15N3O5S. The van der Waals surface area contributed by atoms with Crippen LogP contribution in [-0.4, -0.2) is 36.6 Å². The van der Waals surface area contributed by atoms with Crippen LogP contribution < -0.4 is 5.73 Å². The summed E-state index contributed by atoms with van der Waals surface area (Å²) in [4.78, 5) is 21.0. The summed E-state index contributed by atoms with van der Waals surface area (Å²) in [5, 5.41) is 10.7. The first-order valence-electron chi connectivity index (χ1n) is 6.36. The number of sulfonamides is 1. The number of carbonyl (C=O) groups excluding carboxylic acids is 1. The van der Waals surface area contributed by atoms with E-state index >= 15 is 0 Å². The molecule has 9 heteroatoms. The molecule has 0 aliphatic carbocycles. The van der Waals surface area contributed by atoms with E-state index in [0.717, 1.165) is 6.07 Å². The van der Waals surface area contributed by atoms with E-state index in [4.69, 9.17) is 5.73 Å². The molecule has 0 spiro atoms.